The molecule has 3 heteroatoms. The Kier molecular flexibility index (Phi) is 6.17. The number of hydrogen-bond donors (Lipinski definition) is 3. The van der Waals surface area contributed by atoms with Crippen molar-refractivity contribution in [3.63, 3.8) is 0 Å². The molecule has 4 saturated carbocycles. The highest BCUT2D eigenvalue weighted by molar-refractivity contribution is 5.15. The number of fused-ring (bicyclic) bond motifs is 5. The highest BCUT2D eigenvalue weighted by Gasteiger charge is 2.67. The summed E-state index contributed by atoms with van der Waals surface area (Å²) in [5.41, 5.74) is 0.0832. The molecule has 30 heavy (non-hydrogen) atoms. The highest BCUT2D eigenvalue weighted by Crippen LogP contribution is 2.69. The van der Waals surface area contributed by atoms with Crippen molar-refractivity contribution in [3.8, 4) is 0 Å². The van der Waals surface area contributed by atoms with Crippen LogP contribution in [-0.2, 0) is 0 Å². The lowest BCUT2D eigenvalue weighted by atomic mass is 9.41. The average molecular weight is 421 g/mol. The summed E-state index contributed by atoms with van der Waals surface area (Å²) < 4.78 is 0. The second kappa shape index (κ2) is 8.03. The van der Waals surface area contributed by atoms with Gasteiger partial charge in [-0.25, -0.2) is 0 Å². The molecule has 4 fully saturated rings. The van der Waals surface area contributed by atoms with E-state index in [1.54, 1.807) is 0 Å². The molecular weight excluding hydrogens is 372 g/mol. The Morgan fingerprint density at radius 1 is 0.900 bits per heavy atom. The summed E-state index contributed by atoms with van der Waals surface area (Å²) in [5.74, 6) is 3.69. The van der Waals surface area contributed by atoms with Crippen LogP contribution in [0.2, 0.25) is 0 Å². The maximum atomic E-state index is 11.8. The number of aliphatic hydroxyl groups is 3. The van der Waals surface area contributed by atoms with Gasteiger partial charge in [0.15, 0.2) is 0 Å². The second-order valence-corrected chi connectivity index (χ2v) is 12.8. The van der Waals surface area contributed by atoms with E-state index in [0.717, 1.165) is 32.1 Å². The van der Waals surface area contributed by atoms with E-state index in [4.69, 9.17) is 0 Å². The fourth-order valence-corrected chi connectivity index (χ4v) is 9.80. The van der Waals surface area contributed by atoms with Crippen molar-refractivity contribution in [1.29, 1.82) is 0 Å². The van der Waals surface area contributed by atoms with Crippen LogP contribution in [0.25, 0.3) is 0 Å². The zero-order chi connectivity index (χ0) is 22.0. The molecule has 0 saturated heterocycles. The summed E-state index contributed by atoms with van der Waals surface area (Å²) in [7, 11) is 0. The predicted octanol–water partition coefficient (Wildman–Crippen LogP) is 5.27. The SMILES string of the molecule is CC[C@H]1[C@@H](O)C2C3CCC([C@H](C)CC(C)C)[C@@]3(C)[C@@H](O)CC2[C@@]2(C)CC[C@@H](O)C[C@@H]12. The summed E-state index contributed by atoms with van der Waals surface area (Å²) in [6.45, 7) is 14.1. The fourth-order valence-electron chi connectivity index (χ4n) is 9.80. The van der Waals surface area contributed by atoms with Gasteiger partial charge in [0.2, 0.25) is 0 Å². The zero-order valence-corrected chi connectivity index (χ0v) is 20.3. The Morgan fingerprint density at radius 2 is 1.60 bits per heavy atom. The fraction of sp³-hybridized carbons (Fsp3) is 1.00. The molecule has 0 spiro atoms. The number of rotatable bonds is 4. The van der Waals surface area contributed by atoms with Crippen LogP contribution in [0.4, 0.5) is 0 Å². The Bertz CT molecular complexity index is 619. The third kappa shape index (κ3) is 3.24. The van der Waals surface area contributed by atoms with E-state index >= 15 is 0 Å². The maximum Gasteiger partial charge on any atom is 0.0605 e. The minimum absolute atomic E-state index is 0.0634. The molecule has 4 aliphatic rings. The van der Waals surface area contributed by atoms with Crippen molar-refractivity contribution in [2.24, 2.45) is 58.2 Å². The first-order valence-corrected chi connectivity index (χ1v) is 13.1. The van der Waals surface area contributed by atoms with E-state index in [1.807, 2.05) is 0 Å². The molecule has 0 aromatic rings. The van der Waals surface area contributed by atoms with Gasteiger partial charge in [-0.2, -0.15) is 0 Å². The van der Waals surface area contributed by atoms with Gasteiger partial charge in [0.25, 0.3) is 0 Å². The lowest BCUT2D eigenvalue weighted by molar-refractivity contribution is -0.228. The minimum Gasteiger partial charge on any atom is -0.393 e. The third-order valence-electron chi connectivity index (χ3n) is 11.1. The quantitative estimate of drug-likeness (QED) is 0.581. The van der Waals surface area contributed by atoms with Crippen molar-refractivity contribution in [2.45, 2.75) is 111 Å². The van der Waals surface area contributed by atoms with Crippen LogP contribution in [0.5, 0.6) is 0 Å². The van der Waals surface area contributed by atoms with Gasteiger partial charge in [-0.05, 0) is 103 Å². The van der Waals surface area contributed by atoms with Crippen molar-refractivity contribution in [1.82, 2.24) is 0 Å². The van der Waals surface area contributed by atoms with Crippen molar-refractivity contribution >= 4 is 0 Å². The van der Waals surface area contributed by atoms with Crippen LogP contribution < -0.4 is 0 Å². The molecule has 0 radical (unpaired) electrons. The van der Waals surface area contributed by atoms with Gasteiger partial charge in [0.1, 0.15) is 0 Å². The van der Waals surface area contributed by atoms with Crippen LogP contribution in [-0.4, -0.2) is 33.6 Å². The van der Waals surface area contributed by atoms with E-state index in [0.29, 0.717) is 41.4 Å². The molecule has 0 aromatic heterocycles. The van der Waals surface area contributed by atoms with Crippen molar-refractivity contribution < 1.29 is 15.3 Å². The first-order valence-electron chi connectivity index (χ1n) is 13.1. The van der Waals surface area contributed by atoms with Gasteiger partial charge in [-0.1, -0.05) is 48.0 Å². The Balaban J connectivity index is 1.70. The van der Waals surface area contributed by atoms with E-state index in [-0.39, 0.29) is 35.1 Å². The zero-order valence-electron chi connectivity index (χ0n) is 20.3. The Hall–Kier alpha value is -0.120. The molecular formula is C27H48O3. The molecule has 12 atom stereocenters. The second-order valence-electron chi connectivity index (χ2n) is 12.8. The van der Waals surface area contributed by atoms with E-state index in [2.05, 4.69) is 41.5 Å². The van der Waals surface area contributed by atoms with Crippen LogP contribution >= 0.6 is 0 Å². The topological polar surface area (TPSA) is 60.7 Å². The standard InChI is InChI=1S/C27H48O3/c1-7-18-21-13-17(28)10-11-26(21,5)22-14-23(29)27(6)19(16(4)12-15(2)3)8-9-20(27)24(22)25(18)30/h15-25,28-30H,7-14H2,1-6H3/t16-,17-,18-,19?,20?,21+,22?,23+,24?,25-,26+,27-/m1/s1. The van der Waals surface area contributed by atoms with Crippen LogP contribution in [0, 0.1) is 58.2 Å². The van der Waals surface area contributed by atoms with E-state index < -0.39 is 0 Å². The molecule has 4 unspecified atom stereocenters. The summed E-state index contributed by atoms with van der Waals surface area (Å²) in [5, 5.41) is 33.9. The largest absolute Gasteiger partial charge is 0.393 e. The molecule has 3 N–H and O–H groups in total. The first-order chi connectivity index (χ1) is 14.1. The van der Waals surface area contributed by atoms with Gasteiger partial charge in [-0.15, -0.1) is 0 Å². The monoisotopic (exact) mass is 420 g/mol. The highest BCUT2D eigenvalue weighted by atomic mass is 16.3. The van der Waals surface area contributed by atoms with Crippen LogP contribution in [0.1, 0.15) is 92.9 Å². The average Bonchev–Trinajstić information content (AvgIpc) is 3.02. The summed E-state index contributed by atoms with van der Waals surface area (Å²) in [4.78, 5) is 0. The first kappa shape index (κ1) is 23.1. The Morgan fingerprint density at radius 3 is 2.23 bits per heavy atom. The molecule has 4 aliphatic carbocycles. The molecule has 0 aliphatic heterocycles. The lowest BCUT2D eigenvalue weighted by Gasteiger charge is -2.65. The normalized spacial score (nSPS) is 54.4. The molecule has 0 bridgehead atoms. The molecule has 0 aromatic carbocycles. The maximum absolute atomic E-state index is 11.8. The summed E-state index contributed by atoms with van der Waals surface area (Å²) in [6, 6.07) is 0. The van der Waals surface area contributed by atoms with Crippen molar-refractivity contribution in [3.05, 3.63) is 0 Å². The Labute approximate surface area is 185 Å². The van der Waals surface area contributed by atoms with Crippen molar-refractivity contribution in [2.75, 3.05) is 0 Å². The van der Waals surface area contributed by atoms with Crippen LogP contribution in [0.3, 0.4) is 0 Å². The molecule has 0 heterocycles. The van der Waals surface area contributed by atoms with Gasteiger partial charge < -0.3 is 15.3 Å². The lowest BCUT2D eigenvalue weighted by Crippen LogP contribution is -2.65. The molecule has 3 nitrogen and oxygen atoms in total. The summed E-state index contributed by atoms with van der Waals surface area (Å²) in [6.07, 6.45) is 7.45. The third-order valence-corrected chi connectivity index (χ3v) is 11.1. The molecule has 0 amide bonds. The van der Waals surface area contributed by atoms with E-state index in [1.165, 1.54) is 19.3 Å². The molecule has 174 valence electrons. The van der Waals surface area contributed by atoms with E-state index in [9.17, 15) is 15.3 Å². The minimum atomic E-state index is -0.278. The van der Waals surface area contributed by atoms with Gasteiger partial charge >= 0.3 is 0 Å². The summed E-state index contributed by atoms with van der Waals surface area (Å²) >= 11 is 0. The van der Waals surface area contributed by atoms with Crippen LogP contribution in [0.15, 0.2) is 0 Å². The van der Waals surface area contributed by atoms with Gasteiger partial charge in [0.05, 0.1) is 18.3 Å². The predicted molar refractivity (Wildman–Crippen MR) is 122 cm³/mol. The van der Waals surface area contributed by atoms with Gasteiger partial charge in [0, 0.05) is 0 Å². The van der Waals surface area contributed by atoms with Gasteiger partial charge in [-0.3, -0.25) is 0 Å². The molecule has 4 rings (SSSR count). The number of hydrogen-bond acceptors (Lipinski definition) is 3. The number of aliphatic hydroxyl groups excluding tert-OH is 3. The smallest absolute Gasteiger partial charge is 0.0605 e.